The summed E-state index contributed by atoms with van der Waals surface area (Å²) in [4.78, 5) is 4.30. The van der Waals surface area contributed by atoms with Crippen molar-refractivity contribution in [1.82, 2.24) is 25.0 Å². The van der Waals surface area contributed by atoms with Gasteiger partial charge in [-0.1, -0.05) is 32.6 Å². The van der Waals surface area contributed by atoms with E-state index in [0.717, 1.165) is 12.6 Å². The molecule has 0 spiro atoms. The Kier molecular flexibility index (Phi) is 5.39. The molecular formula is C23H23F2N5O. The molecule has 0 aliphatic heterocycles. The summed E-state index contributed by atoms with van der Waals surface area (Å²) in [5.74, 6) is -0.748. The second kappa shape index (κ2) is 8.02. The lowest BCUT2D eigenvalue weighted by molar-refractivity contribution is 0.225. The molecule has 0 unspecified atom stereocenters. The molecule has 1 aromatic carbocycles. The van der Waals surface area contributed by atoms with E-state index in [4.69, 9.17) is 0 Å². The molecule has 0 saturated heterocycles. The number of hydrogen-bond acceptors (Lipinski definition) is 5. The number of hydrogen-bond donors (Lipinski definition) is 1. The summed E-state index contributed by atoms with van der Waals surface area (Å²) in [6, 6.07) is 4.70. The van der Waals surface area contributed by atoms with Crippen LogP contribution < -0.4 is 0 Å². The van der Waals surface area contributed by atoms with Crippen LogP contribution in [0.5, 0.6) is 5.75 Å². The number of aromatic nitrogens is 5. The first-order valence-corrected chi connectivity index (χ1v) is 10.1. The highest BCUT2D eigenvalue weighted by Gasteiger charge is 2.35. The predicted octanol–water partition coefficient (Wildman–Crippen LogP) is 4.91. The second-order valence-corrected chi connectivity index (χ2v) is 8.12. The SMILES string of the molecule is C=C(c1cnc(-c2ccc(-n3cc(F)cn3)cc2O)nn1)[C@H]1C[C@@](C)(CC)C=C[C@H]1F. The van der Waals surface area contributed by atoms with Crippen LogP contribution in [0.15, 0.2) is 55.5 Å². The summed E-state index contributed by atoms with van der Waals surface area (Å²) in [6.07, 6.45) is 7.74. The van der Waals surface area contributed by atoms with E-state index in [1.165, 1.54) is 23.1 Å². The van der Waals surface area contributed by atoms with Gasteiger partial charge in [0.05, 0.1) is 29.8 Å². The van der Waals surface area contributed by atoms with Crippen LogP contribution in [0.3, 0.4) is 0 Å². The van der Waals surface area contributed by atoms with Crippen LogP contribution in [0.1, 0.15) is 32.4 Å². The van der Waals surface area contributed by atoms with Gasteiger partial charge >= 0.3 is 0 Å². The molecule has 0 amide bonds. The number of phenolic OH excluding ortho intramolecular Hbond substituents is 1. The van der Waals surface area contributed by atoms with Crippen LogP contribution in [-0.2, 0) is 0 Å². The molecule has 1 N–H and O–H groups in total. The van der Waals surface area contributed by atoms with E-state index in [9.17, 15) is 13.9 Å². The molecule has 1 aliphatic carbocycles. The van der Waals surface area contributed by atoms with E-state index in [-0.39, 0.29) is 22.9 Å². The van der Waals surface area contributed by atoms with E-state index in [1.807, 2.05) is 6.08 Å². The van der Waals surface area contributed by atoms with Crippen molar-refractivity contribution in [3.8, 4) is 22.8 Å². The third-order valence-corrected chi connectivity index (χ3v) is 5.94. The fourth-order valence-electron chi connectivity index (χ4n) is 3.75. The Morgan fingerprint density at radius 1 is 1.32 bits per heavy atom. The Bertz CT molecular complexity index is 1140. The zero-order chi connectivity index (χ0) is 22.2. The lowest BCUT2D eigenvalue weighted by atomic mass is 9.70. The summed E-state index contributed by atoms with van der Waals surface area (Å²) < 4.78 is 29.0. The molecule has 2 heterocycles. The summed E-state index contributed by atoms with van der Waals surface area (Å²) in [5.41, 5.74) is 1.75. The fraction of sp³-hybridized carbons (Fsp3) is 0.304. The zero-order valence-corrected chi connectivity index (χ0v) is 17.3. The summed E-state index contributed by atoms with van der Waals surface area (Å²) in [5, 5.41) is 22.6. The normalized spacial score (nSPS) is 23.1. The molecule has 0 bridgehead atoms. The number of rotatable bonds is 5. The number of alkyl halides is 1. The number of nitrogens with zero attached hydrogens (tertiary/aromatic N) is 5. The quantitative estimate of drug-likeness (QED) is 0.590. The zero-order valence-electron chi connectivity index (χ0n) is 17.3. The van der Waals surface area contributed by atoms with E-state index < -0.39 is 12.0 Å². The van der Waals surface area contributed by atoms with Crippen molar-refractivity contribution in [2.24, 2.45) is 11.3 Å². The molecule has 3 atom stereocenters. The topological polar surface area (TPSA) is 76.7 Å². The number of allylic oxidation sites excluding steroid dienone is 3. The molecule has 3 aromatic rings. The van der Waals surface area contributed by atoms with Crippen molar-refractivity contribution < 1.29 is 13.9 Å². The van der Waals surface area contributed by atoms with E-state index in [2.05, 4.69) is 40.7 Å². The van der Waals surface area contributed by atoms with E-state index in [0.29, 0.717) is 28.9 Å². The number of aromatic hydroxyl groups is 1. The van der Waals surface area contributed by atoms with Crippen molar-refractivity contribution in [1.29, 1.82) is 0 Å². The summed E-state index contributed by atoms with van der Waals surface area (Å²) in [6.45, 7) is 8.25. The van der Waals surface area contributed by atoms with Gasteiger partial charge in [0.1, 0.15) is 17.6 Å². The standard InChI is InChI=1S/C23H23F2N5O/c1-4-23(3)8-7-19(25)18(10-23)14(2)20-12-26-22(29-28-20)17-6-5-16(9-21(17)31)30-13-15(24)11-27-30/h5-9,11-13,18-19,31H,2,4,10H2,1,3H3/t18-,19-,23+/m1/s1. The van der Waals surface area contributed by atoms with Crippen LogP contribution in [0, 0.1) is 17.2 Å². The van der Waals surface area contributed by atoms with E-state index in [1.54, 1.807) is 18.2 Å². The van der Waals surface area contributed by atoms with Gasteiger partial charge in [-0.2, -0.15) is 5.10 Å². The van der Waals surface area contributed by atoms with Crippen LogP contribution in [0.4, 0.5) is 8.78 Å². The van der Waals surface area contributed by atoms with Gasteiger partial charge in [0, 0.05) is 12.0 Å². The van der Waals surface area contributed by atoms with Gasteiger partial charge in [-0.05, 0) is 36.0 Å². The molecule has 4 rings (SSSR count). The molecule has 31 heavy (non-hydrogen) atoms. The number of phenols is 1. The van der Waals surface area contributed by atoms with Crippen LogP contribution in [0.2, 0.25) is 0 Å². The molecule has 1 aliphatic rings. The molecule has 0 radical (unpaired) electrons. The molecule has 0 saturated carbocycles. The van der Waals surface area contributed by atoms with Crippen LogP contribution in [-0.4, -0.2) is 36.2 Å². The minimum atomic E-state index is -1.13. The van der Waals surface area contributed by atoms with Gasteiger partial charge in [-0.25, -0.2) is 18.4 Å². The first-order chi connectivity index (χ1) is 14.8. The van der Waals surface area contributed by atoms with Gasteiger partial charge in [0.2, 0.25) is 0 Å². The van der Waals surface area contributed by atoms with Crippen molar-refractivity contribution in [3.05, 3.63) is 67.0 Å². The Labute approximate surface area is 179 Å². The average Bonchev–Trinajstić information content (AvgIpc) is 3.21. The van der Waals surface area contributed by atoms with Crippen LogP contribution >= 0.6 is 0 Å². The molecule has 6 nitrogen and oxygen atoms in total. The third-order valence-electron chi connectivity index (χ3n) is 5.94. The van der Waals surface area contributed by atoms with E-state index >= 15 is 0 Å². The van der Waals surface area contributed by atoms with Crippen molar-refractivity contribution in [2.75, 3.05) is 0 Å². The van der Waals surface area contributed by atoms with Crippen molar-refractivity contribution in [2.45, 2.75) is 32.9 Å². The predicted molar refractivity (Wildman–Crippen MR) is 114 cm³/mol. The Morgan fingerprint density at radius 2 is 2.13 bits per heavy atom. The van der Waals surface area contributed by atoms with Gasteiger partial charge in [-0.3, -0.25) is 0 Å². The Hall–Kier alpha value is -3.42. The average molecular weight is 423 g/mol. The van der Waals surface area contributed by atoms with Gasteiger partial charge in [0.15, 0.2) is 11.6 Å². The lowest BCUT2D eigenvalue weighted by Crippen LogP contribution is -2.29. The molecular weight excluding hydrogens is 400 g/mol. The van der Waals surface area contributed by atoms with Gasteiger partial charge in [-0.15, -0.1) is 10.2 Å². The summed E-state index contributed by atoms with van der Waals surface area (Å²) in [7, 11) is 0. The minimum Gasteiger partial charge on any atom is -0.507 e. The monoisotopic (exact) mass is 423 g/mol. The van der Waals surface area contributed by atoms with Crippen LogP contribution in [0.25, 0.3) is 22.6 Å². The maximum Gasteiger partial charge on any atom is 0.185 e. The molecule has 2 aromatic heterocycles. The fourth-order valence-corrected chi connectivity index (χ4v) is 3.75. The Morgan fingerprint density at radius 3 is 2.74 bits per heavy atom. The summed E-state index contributed by atoms with van der Waals surface area (Å²) >= 11 is 0. The highest BCUT2D eigenvalue weighted by molar-refractivity contribution is 5.67. The van der Waals surface area contributed by atoms with Gasteiger partial charge < -0.3 is 5.11 Å². The highest BCUT2D eigenvalue weighted by Crippen LogP contribution is 2.42. The molecule has 8 heteroatoms. The molecule has 160 valence electrons. The second-order valence-electron chi connectivity index (χ2n) is 8.12. The number of halogens is 2. The molecule has 0 fully saturated rings. The first kappa shape index (κ1) is 20.8. The Balaban J connectivity index is 1.56. The van der Waals surface area contributed by atoms with Gasteiger partial charge in [0.25, 0.3) is 0 Å². The maximum absolute atomic E-state index is 14.6. The first-order valence-electron chi connectivity index (χ1n) is 10.1. The van der Waals surface area contributed by atoms with Crippen molar-refractivity contribution >= 4 is 5.57 Å². The van der Waals surface area contributed by atoms with Crippen molar-refractivity contribution in [3.63, 3.8) is 0 Å². The number of benzene rings is 1. The largest absolute Gasteiger partial charge is 0.507 e. The third kappa shape index (κ3) is 4.10. The minimum absolute atomic E-state index is 0.0813. The smallest absolute Gasteiger partial charge is 0.185 e. The maximum atomic E-state index is 14.6. The highest BCUT2D eigenvalue weighted by atomic mass is 19.1. The lowest BCUT2D eigenvalue weighted by Gasteiger charge is -2.35.